The molecule has 0 saturated heterocycles. The van der Waals surface area contributed by atoms with Crippen LogP contribution in [0.4, 0.5) is 5.82 Å². The number of hydrogen-bond acceptors (Lipinski definition) is 3. The molecule has 58 valence electrons. The number of aromatic nitrogens is 1. The van der Waals surface area contributed by atoms with Crippen LogP contribution in [0, 0.1) is 0 Å². The lowest BCUT2D eigenvalue weighted by atomic mass is 10.2. The Balaban J connectivity index is 3.12. The summed E-state index contributed by atoms with van der Waals surface area (Å²) in [6.07, 6.45) is 3.16. The average Bonchev–Trinajstić information content (AvgIpc) is 2.05. The quantitative estimate of drug-likeness (QED) is 0.655. The topological polar surface area (TPSA) is 59.1 Å². The van der Waals surface area contributed by atoms with E-state index in [1.165, 1.54) is 0 Å². The van der Waals surface area contributed by atoms with E-state index in [9.17, 15) is 0 Å². The van der Waals surface area contributed by atoms with Crippen LogP contribution in [0.3, 0.4) is 0 Å². The molecule has 11 heavy (non-hydrogen) atoms. The van der Waals surface area contributed by atoms with Crippen LogP contribution in [-0.2, 0) is 6.61 Å². The second-order valence-corrected chi connectivity index (χ2v) is 2.18. The molecule has 0 saturated carbocycles. The van der Waals surface area contributed by atoms with Crippen LogP contribution in [0.25, 0.3) is 6.08 Å². The summed E-state index contributed by atoms with van der Waals surface area (Å²) in [6, 6.07) is 1.76. The number of nitrogen functional groups attached to an aromatic ring is 1. The minimum Gasteiger partial charge on any atom is -0.392 e. The summed E-state index contributed by atoms with van der Waals surface area (Å²) in [5, 5.41) is 8.73. The summed E-state index contributed by atoms with van der Waals surface area (Å²) in [5.74, 6) is 0.442. The number of rotatable bonds is 2. The van der Waals surface area contributed by atoms with E-state index in [0.29, 0.717) is 5.82 Å². The predicted molar refractivity (Wildman–Crippen MR) is 44.7 cm³/mol. The minimum absolute atomic E-state index is 0.0197. The van der Waals surface area contributed by atoms with Crippen LogP contribution in [0.2, 0.25) is 0 Å². The number of pyridine rings is 1. The van der Waals surface area contributed by atoms with Gasteiger partial charge < -0.3 is 10.8 Å². The van der Waals surface area contributed by atoms with Gasteiger partial charge in [-0.25, -0.2) is 4.98 Å². The van der Waals surface area contributed by atoms with Crippen molar-refractivity contribution in [2.45, 2.75) is 6.61 Å². The number of aliphatic hydroxyl groups excluding tert-OH is 1. The van der Waals surface area contributed by atoms with Crippen LogP contribution in [-0.4, -0.2) is 10.1 Å². The number of anilines is 1. The summed E-state index contributed by atoms with van der Waals surface area (Å²) >= 11 is 0. The first-order valence-corrected chi connectivity index (χ1v) is 3.25. The third kappa shape index (κ3) is 1.56. The molecule has 1 aromatic heterocycles. The molecule has 0 atom stereocenters. The van der Waals surface area contributed by atoms with E-state index in [4.69, 9.17) is 10.8 Å². The Kier molecular flexibility index (Phi) is 2.23. The largest absolute Gasteiger partial charge is 0.392 e. The summed E-state index contributed by atoms with van der Waals surface area (Å²) in [5.41, 5.74) is 7.00. The molecule has 0 spiro atoms. The maximum Gasteiger partial charge on any atom is 0.130 e. The van der Waals surface area contributed by atoms with Gasteiger partial charge in [0.2, 0.25) is 0 Å². The van der Waals surface area contributed by atoms with Crippen molar-refractivity contribution in [1.29, 1.82) is 0 Å². The molecule has 1 rings (SSSR count). The molecule has 3 heteroatoms. The van der Waals surface area contributed by atoms with E-state index in [0.717, 1.165) is 11.1 Å². The van der Waals surface area contributed by atoms with Crippen molar-refractivity contribution in [3.8, 4) is 0 Å². The maximum atomic E-state index is 8.73. The van der Waals surface area contributed by atoms with Crippen LogP contribution in [0.15, 0.2) is 18.8 Å². The van der Waals surface area contributed by atoms with Crippen LogP contribution >= 0.6 is 0 Å². The summed E-state index contributed by atoms with van der Waals surface area (Å²) < 4.78 is 0. The average molecular weight is 150 g/mol. The van der Waals surface area contributed by atoms with E-state index in [1.54, 1.807) is 18.3 Å². The van der Waals surface area contributed by atoms with Crippen LogP contribution < -0.4 is 5.73 Å². The van der Waals surface area contributed by atoms with Crippen molar-refractivity contribution >= 4 is 11.9 Å². The summed E-state index contributed by atoms with van der Waals surface area (Å²) in [6.45, 7) is 3.55. The lowest BCUT2D eigenvalue weighted by Crippen LogP contribution is -1.95. The van der Waals surface area contributed by atoms with Gasteiger partial charge in [0.25, 0.3) is 0 Å². The lowest BCUT2D eigenvalue weighted by Gasteiger charge is -2.00. The van der Waals surface area contributed by atoms with Gasteiger partial charge in [-0.2, -0.15) is 0 Å². The second-order valence-electron chi connectivity index (χ2n) is 2.18. The van der Waals surface area contributed by atoms with Crippen LogP contribution in [0.5, 0.6) is 0 Å². The van der Waals surface area contributed by atoms with Crippen molar-refractivity contribution in [3.63, 3.8) is 0 Å². The molecule has 1 heterocycles. The monoisotopic (exact) mass is 150 g/mol. The third-order valence-electron chi connectivity index (χ3n) is 1.41. The van der Waals surface area contributed by atoms with Gasteiger partial charge in [-0.05, 0) is 11.6 Å². The Bertz CT molecular complexity index is 271. The van der Waals surface area contributed by atoms with Gasteiger partial charge in [-0.15, -0.1) is 0 Å². The Morgan fingerprint density at radius 2 is 2.45 bits per heavy atom. The zero-order valence-corrected chi connectivity index (χ0v) is 6.12. The Morgan fingerprint density at radius 3 is 3.00 bits per heavy atom. The van der Waals surface area contributed by atoms with Gasteiger partial charge >= 0.3 is 0 Å². The maximum absolute atomic E-state index is 8.73. The fraction of sp³-hybridized carbons (Fsp3) is 0.125. The van der Waals surface area contributed by atoms with E-state index in [2.05, 4.69) is 11.6 Å². The van der Waals surface area contributed by atoms with Gasteiger partial charge in [0.1, 0.15) is 5.82 Å². The van der Waals surface area contributed by atoms with Gasteiger partial charge in [-0.3, -0.25) is 0 Å². The van der Waals surface area contributed by atoms with E-state index in [-0.39, 0.29) is 6.61 Å². The van der Waals surface area contributed by atoms with Gasteiger partial charge in [0.05, 0.1) is 6.61 Å². The molecule has 0 radical (unpaired) electrons. The number of nitrogens with two attached hydrogens (primary N) is 1. The SMILES string of the molecule is C=Cc1cc(CO)cnc1N. The first-order valence-electron chi connectivity index (χ1n) is 3.25. The smallest absolute Gasteiger partial charge is 0.130 e. The predicted octanol–water partition coefficient (Wildman–Crippen LogP) is 0.799. The second kappa shape index (κ2) is 3.16. The summed E-state index contributed by atoms with van der Waals surface area (Å²) in [7, 11) is 0. The molecule has 1 aromatic rings. The highest BCUT2D eigenvalue weighted by Crippen LogP contribution is 2.11. The van der Waals surface area contributed by atoms with Crippen LogP contribution in [0.1, 0.15) is 11.1 Å². The molecule has 0 fully saturated rings. The minimum atomic E-state index is -0.0197. The molecular weight excluding hydrogens is 140 g/mol. The number of nitrogens with zero attached hydrogens (tertiary/aromatic N) is 1. The van der Waals surface area contributed by atoms with Gasteiger partial charge in [0, 0.05) is 11.8 Å². The standard InChI is InChI=1S/C8H10N2O/c1-2-7-3-6(5-11)4-10-8(7)9/h2-4,11H,1,5H2,(H2,9,10). The molecule has 0 aliphatic carbocycles. The van der Waals surface area contributed by atoms with Crippen molar-refractivity contribution in [2.24, 2.45) is 0 Å². The Hall–Kier alpha value is -1.35. The molecule has 0 bridgehead atoms. The van der Waals surface area contributed by atoms with Crippen molar-refractivity contribution in [3.05, 3.63) is 30.0 Å². The first-order chi connectivity index (χ1) is 5.27. The van der Waals surface area contributed by atoms with E-state index < -0.39 is 0 Å². The highest BCUT2D eigenvalue weighted by molar-refractivity contribution is 5.59. The van der Waals surface area contributed by atoms with E-state index in [1.807, 2.05) is 0 Å². The lowest BCUT2D eigenvalue weighted by molar-refractivity contribution is 0.281. The van der Waals surface area contributed by atoms with Gasteiger partial charge in [0.15, 0.2) is 0 Å². The highest BCUT2D eigenvalue weighted by atomic mass is 16.3. The van der Waals surface area contributed by atoms with Gasteiger partial charge in [-0.1, -0.05) is 12.7 Å². The number of hydrogen-bond donors (Lipinski definition) is 2. The summed E-state index contributed by atoms with van der Waals surface area (Å²) in [4.78, 5) is 3.87. The molecule has 3 N–H and O–H groups in total. The number of aliphatic hydroxyl groups is 1. The first kappa shape index (κ1) is 7.75. The zero-order chi connectivity index (χ0) is 8.27. The fourth-order valence-electron chi connectivity index (χ4n) is 0.788. The molecular formula is C8H10N2O. The van der Waals surface area contributed by atoms with Crippen molar-refractivity contribution in [2.75, 3.05) is 5.73 Å². The molecule has 3 nitrogen and oxygen atoms in total. The molecule has 0 unspecified atom stereocenters. The molecule has 0 amide bonds. The molecule has 0 aliphatic rings. The van der Waals surface area contributed by atoms with E-state index >= 15 is 0 Å². The molecule has 0 aromatic carbocycles. The normalized spacial score (nSPS) is 9.55. The Labute approximate surface area is 65.2 Å². The highest BCUT2D eigenvalue weighted by Gasteiger charge is 1.96. The Morgan fingerprint density at radius 1 is 1.73 bits per heavy atom. The zero-order valence-electron chi connectivity index (χ0n) is 6.12. The van der Waals surface area contributed by atoms with Crippen molar-refractivity contribution < 1.29 is 5.11 Å². The fourth-order valence-corrected chi connectivity index (χ4v) is 0.788. The van der Waals surface area contributed by atoms with Crippen molar-refractivity contribution in [1.82, 2.24) is 4.98 Å². The molecule has 0 aliphatic heterocycles. The third-order valence-corrected chi connectivity index (χ3v) is 1.41.